The third kappa shape index (κ3) is 3.53. The van der Waals surface area contributed by atoms with Crippen LogP contribution in [0.15, 0.2) is 30.6 Å². The number of aromatic nitrogens is 2. The molecule has 1 atom stereocenters. The molecule has 3 N–H and O–H groups in total. The fourth-order valence-corrected chi connectivity index (χ4v) is 2.27. The molecule has 0 bridgehead atoms. The van der Waals surface area contributed by atoms with Gasteiger partial charge in [0.2, 0.25) is 5.91 Å². The third-order valence-electron chi connectivity index (χ3n) is 3.06. The van der Waals surface area contributed by atoms with E-state index in [0.717, 1.165) is 5.69 Å². The highest BCUT2D eigenvalue weighted by atomic mass is 35.5. The zero-order valence-corrected chi connectivity index (χ0v) is 12.9. The third-order valence-corrected chi connectivity index (χ3v) is 3.37. The van der Waals surface area contributed by atoms with E-state index in [1.54, 1.807) is 36.3 Å². The van der Waals surface area contributed by atoms with Crippen LogP contribution < -0.4 is 16.0 Å². The summed E-state index contributed by atoms with van der Waals surface area (Å²) in [5.41, 5.74) is 8.05. The number of rotatable bonds is 4. The molecule has 1 aromatic heterocycles. The number of aryl methyl sites for hydroxylation is 1. The Hall–Kier alpha value is -2.05. The molecule has 0 radical (unpaired) electrons. The summed E-state index contributed by atoms with van der Waals surface area (Å²) in [6.45, 7) is 0. The summed E-state index contributed by atoms with van der Waals surface area (Å²) >= 11 is 6.17. The fraction of sp³-hybridized carbons (Fsp3) is 0.286. The van der Waals surface area contributed by atoms with Crippen LogP contribution in [-0.4, -0.2) is 29.8 Å². The Kier molecular flexibility index (Phi) is 4.50. The van der Waals surface area contributed by atoms with Gasteiger partial charge in [0.15, 0.2) is 0 Å². The molecule has 6 nitrogen and oxygen atoms in total. The zero-order chi connectivity index (χ0) is 15.6. The van der Waals surface area contributed by atoms with Crippen LogP contribution in [0.5, 0.6) is 0 Å². The van der Waals surface area contributed by atoms with E-state index >= 15 is 0 Å². The maximum Gasteiger partial charge on any atom is 0.246 e. The number of nitrogens with one attached hydrogen (secondary N) is 1. The average molecular weight is 308 g/mol. The van der Waals surface area contributed by atoms with Crippen molar-refractivity contribution in [1.82, 2.24) is 9.78 Å². The van der Waals surface area contributed by atoms with Gasteiger partial charge in [-0.05, 0) is 18.2 Å². The van der Waals surface area contributed by atoms with Crippen LogP contribution >= 0.6 is 11.6 Å². The molecule has 1 heterocycles. The second-order valence-corrected chi connectivity index (χ2v) is 5.38. The fourth-order valence-electron chi connectivity index (χ4n) is 1.92. The van der Waals surface area contributed by atoms with E-state index in [4.69, 9.17) is 17.3 Å². The highest BCUT2D eigenvalue weighted by Gasteiger charge is 2.17. The van der Waals surface area contributed by atoms with E-state index in [-0.39, 0.29) is 5.91 Å². The molecule has 1 aromatic carbocycles. The van der Waals surface area contributed by atoms with Crippen molar-refractivity contribution in [1.29, 1.82) is 0 Å². The number of halogens is 1. The molecule has 1 unspecified atom stereocenters. The van der Waals surface area contributed by atoms with Crippen molar-refractivity contribution in [3.63, 3.8) is 0 Å². The first-order valence-electron chi connectivity index (χ1n) is 6.40. The summed E-state index contributed by atoms with van der Waals surface area (Å²) in [5.74, 6) is -0.309. The van der Waals surface area contributed by atoms with Gasteiger partial charge in [-0.1, -0.05) is 11.6 Å². The number of benzene rings is 1. The molecule has 2 rings (SSSR count). The average Bonchev–Trinajstić information content (AvgIpc) is 2.84. The van der Waals surface area contributed by atoms with E-state index < -0.39 is 6.04 Å². The van der Waals surface area contributed by atoms with Crippen molar-refractivity contribution in [3.8, 4) is 0 Å². The highest BCUT2D eigenvalue weighted by Crippen LogP contribution is 2.27. The summed E-state index contributed by atoms with van der Waals surface area (Å²) < 4.78 is 1.60. The van der Waals surface area contributed by atoms with Gasteiger partial charge in [0.25, 0.3) is 0 Å². The molecule has 0 aliphatic carbocycles. The van der Waals surface area contributed by atoms with Crippen LogP contribution in [0.1, 0.15) is 11.6 Å². The zero-order valence-electron chi connectivity index (χ0n) is 12.2. The Morgan fingerprint density at radius 3 is 2.71 bits per heavy atom. The normalized spacial score (nSPS) is 12.0. The molecule has 0 aliphatic rings. The molecule has 112 valence electrons. The minimum absolute atomic E-state index is 0.309. The Labute approximate surface area is 128 Å². The second kappa shape index (κ2) is 6.15. The van der Waals surface area contributed by atoms with Gasteiger partial charge < -0.3 is 16.0 Å². The first-order valence-corrected chi connectivity index (χ1v) is 6.78. The van der Waals surface area contributed by atoms with Gasteiger partial charge in [-0.3, -0.25) is 9.48 Å². The largest absolute Gasteiger partial charge is 0.376 e. The Morgan fingerprint density at radius 2 is 2.19 bits per heavy atom. The van der Waals surface area contributed by atoms with Gasteiger partial charge >= 0.3 is 0 Å². The van der Waals surface area contributed by atoms with Gasteiger partial charge in [0.05, 0.1) is 16.9 Å². The molecule has 0 fully saturated rings. The monoisotopic (exact) mass is 307 g/mol. The summed E-state index contributed by atoms with van der Waals surface area (Å²) in [7, 11) is 5.57. The van der Waals surface area contributed by atoms with Crippen molar-refractivity contribution in [3.05, 3.63) is 41.2 Å². The number of hydrogen-bond acceptors (Lipinski definition) is 4. The molecule has 2 aromatic rings. The Morgan fingerprint density at radius 1 is 1.48 bits per heavy atom. The molecular weight excluding hydrogens is 290 g/mol. The van der Waals surface area contributed by atoms with Gasteiger partial charge in [0.1, 0.15) is 6.04 Å². The van der Waals surface area contributed by atoms with Crippen molar-refractivity contribution in [2.75, 3.05) is 24.3 Å². The molecule has 0 saturated heterocycles. The van der Waals surface area contributed by atoms with Crippen LogP contribution in [0.4, 0.5) is 11.4 Å². The molecule has 0 aliphatic heterocycles. The van der Waals surface area contributed by atoms with E-state index in [1.165, 1.54) is 0 Å². The van der Waals surface area contributed by atoms with E-state index in [0.29, 0.717) is 16.3 Å². The summed E-state index contributed by atoms with van der Waals surface area (Å²) in [5, 5.41) is 7.32. The second-order valence-electron chi connectivity index (χ2n) is 4.97. The number of amides is 1. The molecule has 21 heavy (non-hydrogen) atoms. The quantitative estimate of drug-likeness (QED) is 0.902. The van der Waals surface area contributed by atoms with Crippen LogP contribution in [0.3, 0.4) is 0 Å². The Balaban J connectivity index is 2.11. The lowest BCUT2D eigenvalue weighted by Crippen LogP contribution is -2.27. The standard InChI is InChI=1S/C14H18ClN5O/c1-19(2)12-5-4-10(6-11(12)15)18-14(21)13(16)9-7-17-20(3)8-9/h4-8,13H,16H2,1-3H3,(H,18,21). The number of nitrogens with two attached hydrogens (primary N) is 1. The number of carbonyl (C=O) groups excluding carboxylic acids is 1. The minimum atomic E-state index is -0.772. The SMILES string of the molecule is CN(C)c1ccc(NC(=O)C(N)c2cnn(C)c2)cc1Cl. The van der Waals surface area contributed by atoms with Gasteiger partial charge in [-0.25, -0.2) is 0 Å². The minimum Gasteiger partial charge on any atom is -0.376 e. The van der Waals surface area contributed by atoms with Gasteiger partial charge in [0, 0.05) is 38.6 Å². The van der Waals surface area contributed by atoms with E-state index in [1.807, 2.05) is 25.1 Å². The van der Waals surface area contributed by atoms with Crippen LogP contribution in [0.2, 0.25) is 5.02 Å². The van der Waals surface area contributed by atoms with Crippen LogP contribution in [0.25, 0.3) is 0 Å². The summed E-state index contributed by atoms with van der Waals surface area (Å²) in [6, 6.07) is 4.55. The maximum atomic E-state index is 12.1. The predicted molar refractivity (Wildman–Crippen MR) is 84.5 cm³/mol. The van der Waals surface area contributed by atoms with Gasteiger partial charge in [-0.15, -0.1) is 0 Å². The number of anilines is 2. The van der Waals surface area contributed by atoms with Crippen LogP contribution in [0, 0.1) is 0 Å². The van der Waals surface area contributed by atoms with Crippen molar-refractivity contribution in [2.24, 2.45) is 12.8 Å². The number of nitrogens with zero attached hydrogens (tertiary/aromatic N) is 3. The highest BCUT2D eigenvalue weighted by molar-refractivity contribution is 6.33. The number of carbonyl (C=O) groups is 1. The van der Waals surface area contributed by atoms with E-state index in [9.17, 15) is 4.79 Å². The first kappa shape index (κ1) is 15.3. The summed E-state index contributed by atoms with van der Waals surface area (Å²) in [4.78, 5) is 14.0. The van der Waals surface area contributed by atoms with Crippen molar-refractivity contribution in [2.45, 2.75) is 6.04 Å². The van der Waals surface area contributed by atoms with Gasteiger partial charge in [-0.2, -0.15) is 5.10 Å². The predicted octanol–water partition coefficient (Wildman–Crippen LogP) is 1.78. The molecule has 1 amide bonds. The lowest BCUT2D eigenvalue weighted by molar-refractivity contribution is -0.117. The lowest BCUT2D eigenvalue weighted by atomic mass is 10.1. The van der Waals surface area contributed by atoms with Crippen LogP contribution in [-0.2, 0) is 11.8 Å². The van der Waals surface area contributed by atoms with Crippen molar-refractivity contribution >= 4 is 28.9 Å². The first-order chi connectivity index (χ1) is 9.88. The lowest BCUT2D eigenvalue weighted by Gasteiger charge is -2.16. The van der Waals surface area contributed by atoms with E-state index in [2.05, 4.69) is 10.4 Å². The molecule has 0 spiro atoms. The topological polar surface area (TPSA) is 76.2 Å². The smallest absolute Gasteiger partial charge is 0.246 e. The summed E-state index contributed by atoms with van der Waals surface area (Å²) in [6.07, 6.45) is 3.29. The Bertz CT molecular complexity index is 653. The number of hydrogen-bond donors (Lipinski definition) is 2. The van der Waals surface area contributed by atoms with Crippen molar-refractivity contribution < 1.29 is 4.79 Å². The molecule has 7 heteroatoms. The molecule has 0 saturated carbocycles. The molecular formula is C14H18ClN5O. The maximum absolute atomic E-state index is 12.1.